The molecule has 1 aliphatic rings. The summed E-state index contributed by atoms with van der Waals surface area (Å²) in [5.74, 6) is 1.72. The van der Waals surface area contributed by atoms with Crippen LogP contribution in [0.15, 0.2) is 22.7 Å². The minimum Gasteiger partial charge on any atom is -0.496 e. The van der Waals surface area contributed by atoms with Crippen LogP contribution in [0.1, 0.15) is 63.5 Å². The van der Waals surface area contributed by atoms with Crippen LogP contribution < -0.4 is 10.1 Å². The molecule has 3 heteroatoms. The van der Waals surface area contributed by atoms with Gasteiger partial charge in [-0.25, -0.2) is 0 Å². The van der Waals surface area contributed by atoms with Gasteiger partial charge in [0.1, 0.15) is 5.75 Å². The molecular formula is C18H28BrNO. The van der Waals surface area contributed by atoms with Gasteiger partial charge in [0.05, 0.1) is 7.11 Å². The van der Waals surface area contributed by atoms with Crippen LogP contribution >= 0.6 is 15.9 Å². The second kappa shape index (κ2) is 8.79. The van der Waals surface area contributed by atoms with E-state index in [1.165, 1.54) is 50.5 Å². The fourth-order valence-corrected chi connectivity index (χ4v) is 3.90. The first-order valence-electron chi connectivity index (χ1n) is 8.33. The first-order valence-corrected chi connectivity index (χ1v) is 9.12. The number of methoxy groups -OCH3 is 1. The van der Waals surface area contributed by atoms with Crippen molar-refractivity contribution in [3.05, 3.63) is 28.2 Å². The summed E-state index contributed by atoms with van der Waals surface area (Å²) >= 11 is 3.61. The molecule has 2 nitrogen and oxygen atoms in total. The van der Waals surface area contributed by atoms with Crippen LogP contribution in [0.4, 0.5) is 0 Å². The van der Waals surface area contributed by atoms with Crippen LogP contribution in [0, 0.1) is 5.92 Å². The van der Waals surface area contributed by atoms with Crippen molar-refractivity contribution in [1.82, 2.24) is 5.32 Å². The molecule has 0 saturated heterocycles. The maximum Gasteiger partial charge on any atom is 0.123 e. The zero-order valence-corrected chi connectivity index (χ0v) is 14.9. The number of nitrogens with one attached hydrogen (secondary N) is 1. The molecule has 0 aromatic heterocycles. The number of hydrogen-bond acceptors (Lipinski definition) is 2. The first kappa shape index (κ1) is 16.8. The molecule has 0 bridgehead atoms. The van der Waals surface area contributed by atoms with Crippen molar-refractivity contribution >= 4 is 15.9 Å². The van der Waals surface area contributed by atoms with E-state index in [2.05, 4.69) is 46.4 Å². The SMILES string of the molecule is CCNC(c1cc(Br)ccc1OC)C1CCCCCCC1. The third-order valence-corrected chi connectivity index (χ3v) is 5.07. The van der Waals surface area contributed by atoms with E-state index in [9.17, 15) is 0 Å². The van der Waals surface area contributed by atoms with Crippen LogP contribution in [0.5, 0.6) is 5.75 Å². The molecule has 1 aromatic rings. The van der Waals surface area contributed by atoms with Crippen molar-refractivity contribution in [2.75, 3.05) is 13.7 Å². The van der Waals surface area contributed by atoms with Gasteiger partial charge in [0, 0.05) is 16.1 Å². The van der Waals surface area contributed by atoms with E-state index in [0.717, 1.165) is 16.8 Å². The number of benzene rings is 1. The van der Waals surface area contributed by atoms with Crippen LogP contribution in [-0.4, -0.2) is 13.7 Å². The van der Waals surface area contributed by atoms with Gasteiger partial charge in [-0.2, -0.15) is 0 Å². The summed E-state index contributed by atoms with van der Waals surface area (Å²) in [4.78, 5) is 0. The lowest BCUT2D eigenvalue weighted by Gasteiger charge is -2.31. The summed E-state index contributed by atoms with van der Waals surface area (Å²) < 4.78 is 6.75. The van der Waals surface area contributed by atoms with Crippen molar-refractivity contribution < 1.29 is 4.74 Å². The molecule has 2 rings (SSSR count). The van der Waals surface area contributed by atoms with E-state index in [-0.39, 0.29) is 0 Å². The highest BCUT2D eigenvalue weighted by Gasteiger charge is 2.25. The molecule has 1 fully saturated rings. The van der Waals surface area contributed by atoms with Gasteiger partial charge in [-0.3, -0.25) is 0 Å². The Labute approximate surface area is 137 Å². The van der Waals surface area contributed by atoms with E-state index >= 15 is 0 Å². The normalized spacial score (nSPS) is 18.8. The fourth-order valence-electron chi connectivity index (χ4n) is 3.52. The molecule has 0 amide bonds. The molecular weight excluding hydrogens is 326 g/mol. The van der Waals surface area contributed by atoms with Crippen LogP contribution in [0.25, 0.3) is 0 Å². The molecule has 0 heterocycles. The van der Waals surface area contributed by atoms with E-state index in [1.54, 1.807) is 7.11 Å². The van der Waals surface area contributed by atoms with E-state index in [0.29, 0.717) is 12.0 Å². The van der Waals surface area contributed by atoms with Crippen molar-refractivity contribution in [3.8, 4) is 5.75 Å². The van der Waals surface area contributed by atoms with Gasteiger partial charge >= 0.3 is 0 Å². The Balaban J connectivity index is 2.25. The van der Waals surface area contributed by atoms with E-state index in [4.69, 9.17) is 4.74 Å². The number of hydrogen-bond donors (Lipinski definition) is 1. The zero-order chi connectivity index (χ0) is 15.1. The predicted octanol–water partition coefficient (Wildman–Crippen LogP) is 5.47. The van der Waals surface area contributed by atoms with E-state index < -0.39 is 0 Å². The monoisotopic (exact) mass is 353 g/mol. The zero-order valence-electron chi connectivity index (χ0n) is 13.3. The molecule has 118 valence electrons. The van der Waals surface area contributed by atoms with Gasteiger partial charge in [-0.05, 0) is 43.5 Å². The van der Waals surface area contributed by atoms with Gasteiger partial charge < -0.3 is 10.1 Å². The summed E-state index contributed by atoms with van der Waals surface area (Å²) in [5.41, 5.74) is 1.30. The third-order valence-electron chi connectivity index (χ3n) is 4.57. The summed E-state index contributed by atoms with van der Waals surface area (Å²) in [7, 11) is 1.77. The predicted molar refractivity (Wildman–Crippen MR) is 92.9 cm³/mol. The van der Waals surface area contributed by atoms with Crippen molar-refractivity contribution in [1.29, 1.82) is 0 Å². The lowest BCUT2D eigenvalue weighted by molar-refractivity contribution is 0.284. The minimum atomic E-state index is 0.403. The van der Waals surface area contributed by atoms with E-state index in [1.807, 2.05) is 0 Å². The number of ether oxygens (including phenoxy) is 1. The number of halogens is 1. The lowest BCUT2D eigenvalue weighted by Crippen LogP contribution is -2.29. The largest absolute Gasteiger partial charge is 0.496 e. The number of rotatable bonds is 5. The highest BCUT2D eigenvalue weighted by Crippen LogP contribution is 2.38. The Bertz CT molecular complexity index is 427. The molecule has 1 saturated carbocycles. The Morgan fingerprint density at radius 1 is 1.19 bits per heavy atom. The Morgan fingerprint density at radius 2 is 1.86 bits per heavy atom. The standard InChI is InChI=1S/C18H28BrNO/c1-3-20-18(14-9-7-5-4-6-8-10-14)16-13-15(19)11-12-17(16)21-2/h11-14,18,20H,3-10H2,1-2H3. The first-order chi connectivity index (χ1) is 10.3. The molecule has 1 unspecified atom stereocenters. The van der Waals surface area contributed by atoms with Gasteiger partial charge in [0.15, 0.2) is 0 Å². The molecule has 0 radical (unpaired) electrons. The fraction of sp³-hybridized carbons (Fsp3) is 0.667. The third kappa shape index (κ3) is 4.72. The van der Waals surface area contributed by atoms with Crippen molar-refractivity contribution in [2.24, 2.45) is 5.92 Å². The summed E-state index contributed by atoms with van der Waals surface area (Å²) in [6.07, 6.45) is 9.58. The average molecular weight is 354 g/mol. The highest BCUT2D eigenvalue weighted by molar-refractivity contribution is 9.10. The maximum absolute atomic E-state index is 5.61. The second-order valence-corrected chi connectivity index (χ2v) is 6.94. The van der Waals surface area contributed by atoms with Crippen LogP contribution in [0.2, 0.25) is 0 Å². The Kier molecular flexibility index (Phi) is 7.05. The van der Waals surface area contributed by atoms with Crippen molar-refractivity contribution in [3.63, 3.8) is 0 Å². The lowest BCUT2D eigenvalue weighted by atomic mass is 9.82. The molecule has 21 heavy (non-hydrogen) atoms. The summed E-state index contributed by atoms with van der Waals surface area (Å²) in [6.45, 7) is 3.19. The van der Waals surface area contributed by atoms with Gasteiger partial charge in [-0.1, -0.05) is 55.0 Å². The molecule has 1 atom stereocenters. The summed E-state index contributed by atoms with van der Waals surface area (Å²) in [6, 6.07) is 6.77. The smallest absolute Gasteiger partial charge is 0.123 e. The Morgan fingerprint density at radius 3 is 2.48 bits per heavy atom. The maximum atomic E-state index is 5.61. The second-order valence-electron chi connectivity index (χ2n) is 6.03. The van der Waals surface area contributed by atoms with Crippen molar-refractivity contribution in [2.45, 2.75) is 57.9 Å². The van der Waals surface area contributed by atoms with Crippen LogP contribution in [0.3, 0.4) is 0 Å². The molecule has 1 N–H and O–H groups in total. The van der Waals surface area contributed by atoms with Crippen LogP contribution in [-0.2, 0) is 0 Å². The Hall–Kier alpha value is -0.540. The topological polar surface area (TPSA) is 21.3 Å². The van der Waals surface area contributed by atoms with Gasteiger partial charge in [0.25, 0.3) is 0 Å². The van der Waals surface area contributed by atoms with Gasteiger partial charge in [0.2, 0.25) is 0 Å². The van der Waals surface area contributed by atoms with Gasteiger partial charge in [-0.15, -0.1) is 0 Å². The molecule has 0 aliphatic heterocycles. The average Bonchev–Trinajstić information content (AvgIpc) is 2.45. The quantitative estimate of drug-likeness (QED) is 0.757. The molecule has 1 aromatic carbocycles. The minimum absolute atomic E-state index is 0.403. The highest BCUT2D eigenvalue weighted by atomic mass is 79.9. The molecule has 0 spiro atoms. The summed E-state index contributed by atoms with van der Waals surface area (Å²) in [5, 5.41) is 3.72. The molecule has 1 aliphatic carbocycles.